The van der Waals surface area contributed by atoms with E-state index < -0.39 is 11.9 Å². The summed E-state index contributed by atoms with van der Waals surface area (Å²) in [6.07, 6.45) is 0. The van der Waals surface area contributed by atoms with Crippen molar-refractivity contribution in [1.29, 1.82) is 0 Å². The van der Waals surface area contributed by atoms with Crippen molar-refractivity contribution in [1.82, 2.24) is 20.0 Å². The Morgan fingerprint density at radius 1 is 0.848 bits per heavy atom. The number of aromatic nitrogens is 4. The molecule has 0 aliphatic carbocycles. The van der Waals surface area contributed by atoms with Crippen LogP contribution < -0.4 is 4.74 Å². The molecule has 0 amide bonds. The van der Waals surface area contributed by atoms with E-state index in [1.165, 1.54) is 18.9 Å². The lowest BCUT2D eigenvalue weighted by atomic mass is 10.1. The zero-order valence-corrected chi connectivity index (χ0v) is 18.3. The third-order valence-corrected chi connectivity index (χ3v) is 4.81. The van der Waals surface area contributed by atoms with Crippen molar-refractivity contribution in [3.8, 4) is 28.6 Å². The predicted octanol–water partition coefficient (Wildman–Crippen LogP) is 4.35. The van der Waals surface area contributed by atoms with E-state index in [2.05, 4.69) is 15.3 Å². The van der Waals surface area contributed by atoms with Crippen LogP contribution in [0.5, 0.6) is 11.6 Å². The first-order chi connectivity index (χ1) is 16.0. The summed E-state index contributed by atoms with van der Waals surface area (Å²) in [5.41, 5.74) is 1.34. The molecule has 0 aliphatic rings. The van der Waals surface area contributed by atoms with Crippen LogP contribution in [0.1, 0.15) is 20.8 Å². The highest BCUT2D eigenvalue weighted by molar-refractivity contribution is 6.29. The van der Waals surface area contributed by atoms with Crippen molar-refractivity contribution < 1.29 is 23.8 Å². The molecule has 33 heavy (non-hydrogen) atoms. The number of ether oxygens (including phenoxy) is 3. The molecule has 166 valence electrons. The van der Waals surface area contributed by atoms with Crippen LogP contribution in [0.15, 0.2) is 66.7 Å². The molecule has 2 heterocycles. The minimum Gasteiger partial charge on any atom is -0.465 e. The number of methoxy groups -OCH3 is 2. The van der Waals surface area contributed by atoms with Crippen molar-refractivity contribution in [2.24, 2.45) is 0 Å². The standard InChI is InChI=1S/C23H17ClN4O5/c1-31-22(29)19-20(27-28(21(19)23(30)32-2)15-6-4-3-5-7-15)14-8-10-16(11-9-14)33-18-13-12-17(24)25-26-18/h3-13H,1-2H3. The molecule has 0 saturated heterocycles. The van der Waals surface area contributed by atoms with Gasteiger partial charge in [-0.2, -0.15) is 5.10 Å². The fourth-order valence-electron chi connectivity index (χ4n) is 3.12. The maximum atomic E-state index is 12.7. The van der Waals surface area contributed by atoms with E-state index in [0.29, 0.717) is 17.0 Å². The summed E-state index contributed by atoms with van der Waals surface area (Å²) in [6, 6.07) is 18.8. The average Bonchev–Trinajstić information content (AvgIpc) is 3.26. The smallest absolute Gasteiger partial charge is 0.357 e. The molecule has 0 radical (unpaired) electrons. The highest BCUT2D eigenvalue weighted by atomic mass is 35.5. The van der Waals surface area contributed by atoms with E-state index in [1.807, 2.05) is 6.07 Å². The summed E-state index contributed by atoms with van der Waals surface area (Å²) in [4.78, 5) is 25.3. The number of hydrogen-bond donors (Lipinski definition) is 0. The van der Waals surface area contributed by atoms with Crippen LogP contribution in [0, 0.1) is 0 Å². The molecule has 10 heteroatoms. The third kappa shape index (κ3) is 4.53. The summed E-state index contributed by atoms with van der Waals surface area (Å²) < 4.78 is 16.9. The summed E-state index contributed by atoms with van der Waals surface area (Å²) in [6.45, 7) is 0. The van der Waals surface area contributed by atoms with Gasteiger partial charge in [0.2, 0.25) is 5.88 Å². The number of hydrogen-bond acceptors (Lipinski definition) is 8. The van der Waals surface area contributed by atoms with Gasteiger partial charge in [-0.25, -0.2) is 14.3 Å². The fraction of sp³-hybridized carbons (Fsp3) is 0.0870. The molecular formula is C23H17ClN4O5. The summed E-state index contributed by atoms with van der Waals surface area (Å²) in [5.74, 6) is -0.696. The predicted molar refractivity (Wildman–Crippen MR) is 119 cm³/mol. The minimum atomic E-state index is -0.723. The number of halogens is 1. The Labute approximate surface area is 193 Å². The molecule has 0 atom stereocenters. The van der Waals surface area contributed by atoms with E-state index in [-0.39, 0.29) is 28.0 Å². The normalized spacial score (nSPS) is 10.5. The SMILES string of the molecule is COC(=O)c1c(-c2ccc(Oc3ccc(Cl)nn3)cc2)nn(-c2ccccc2)c1C(=O)OC. The maximum Gasteiger partial charge on any atom is 0.357 e. The first-order valence-corrected chi connectivity index (χ1v) is 10.0. The van der Waals surface area contributed by atoms with Gasteiger partial charge in [-0.3, -0.25) is 0 Å². The number of rotatable bonds is 6. The molecule has 0 saturated carbocycles. The van der Waals surface area contributed by atoms with Crippen LogP contribution >= 0.6 is 11.6 Å². The van der Waals surface area contributed by atoms with Crippen molar-refractivity contribution in [2.75, 3.05) is 14.2 Å². The summed E-state index contributed by atoms with van der Waals surface area (Å²) in [7, 11) is 2.47. The lowest BCUT2D eigenvalue weighted by molar-refractivity contribution is 0.0549. The molecule has 0 unspecified atom stereocenters. The number of esters is 2. The van der Waals surface area contributed by atoms with Crippen molar-refractivity contribution in [3.63, 3.8) is 0 Å². The van der Waals surface area contributed by atoms with Crippen molar-refractivity contribution in [2.45, 2.75) is 0 Å². The van der Waals surface area contributed by atoms with Gasteiger partial charge in [0.1, 0.15) is 17.0 Å². The Bertz CT molecular complexity index is 1290. The van der Waals surface area contributed by atoms with Crippen LogP contribution in [0.25, 0.3) is 16.9 Å². The van der Waals surface area contributed by atoms with Crippen LogP contribution in [-0.2, 0) is 9.47 Å². The molecule has 0 aliphatic heterocycles. The zero-order valence-electron chi connectivity index (χ0n) is 17.6. The molecule has 4 rings (SSSR count). The molecule has 2 aromatic carbocycles. The van der Waals surface area contributed by atoms with Crippen LogP contribution in [0.4, 0.5) is 0 Å². The zero-order chi connectivity index (χ0) is 23.4. The van der Waals surface area contributed by atoms with Gasteiger partial charge in [0.05, 0.1) is 19.9 Å². The van der Waals surface area contributed by atoms with Gasteiger partial charge in [0.15, 0.2) is 10.8 Å². The van der Waals surface area contributed by atoms with Crippen molar-refractivity contribution in [3.05, 3.63) is 83.1 Å². The third-order valence-electron chi connectivity index (χ3n) is 4.61. The van der Waals surface area contributed by atoms with Crippen LogP contribution in [0.3, 0.4) is 0 Å². The highest BCUT2D eigenvalue weighted by Gasteiger charge is 2.31. The number of carbonyl (C=O) groups excluding carboxylic acids is 2. The van der Waals surface area contributed by atoms with E-state index in [0.717, 1.165) is 0 Å². The molecule has 0 spiro atoms. The first kappa shape index (κ1) is 22.0. The van der Waals surface area contributed by atoms with Gasteiger partial charge in [-0.1, -0.05) is 29.8 Å². The fourth-order valence-corrected chi connectivity index (χ4v) is 3.22. The van der Waals surface area contributed by atoms with Crippen LogP contribution in [0.2, 0.25) is 5.15 Å². The van der Waals surface area contributed by atoms with Gasteiger partial charge in [-0.05, 0) is 42.5 Å². The average molecular weight is 465 g/mol. The number of carbonyl (C=O) groups is 2. The molecule has 0 bridgehead atoms. The molecule has 2 aromatic heterocycles. The molecule has 4 aromatic rings. The topological polar surface area (TPSA) is 105 Å². The molecular weight excluding hydrogens is 448 g/mol. The Morgan fingerprint density at radius 3 is 2.15 bits per heavy atom. The number of nitrogens with zero attached hydrogens (tertiary/aromatic N) is 4. The number of benzene rings is 2. The Balaban J connectivity index is 1.79. The summed E-state index contributed by atoms with van der Waals surface area (Å²) in [5, 5.41) is 12.4. The highest BCUT2D eigenvalue weighted by Crippen LogP contribution is 2.31. The Morgan fingerprint density at radius 2 is 1.55 bits per heavy atom. The Kier molecular flexibility index (Phi) is 6.32. The van der Waals surface area contributed by atoms with Gasteiger partial charge in [0.25, 0.3) is 0 Å². The summed E-state index contributed by atoms with van der Waals surface area (Å²) >= 11 is 5.74. The largest absolute Gasteiger partial charge is 0.465 e. The quantitative estimate of drug-likeness (QED) is 0.388. The van der Waals surface area contributed by atoms with E-state index >= 15 is 0 Å². The monoisotopic (exact) mass is 464 g/mol. The van der Waals surface area contributed by atoms with Gasteiger partial charge < -0.3 is 14.2 Å². The van der Waals surface area contributed by atoms with E-state index in [1.54, 1.807) is 60.7 Å². The van der Waals surface area contributed by atoms with E-state index in [4.69, 9.17) is 25.8 Å². The number of para-hydroxylation sites is 1. The Hall–Kier alpha value is -4.24. The van der Waals surface area contributed by atoms with Crippen molar-refractivity contribution >= 4 is 23.5 Å². The molecule has 0 N–H and O–H groups in total. The lowest BCUT2D eigenvalue weighted by Gasteiger charge is -2.07. The maximum absolute atomic E-state index is 12.7. The first-order valence-electron chi connectivity index (χ1n) is 9.64. The van der Waals surface area contributed by atoms with Crippen LogP contribution in [-0.4, -0.2) is 46.1 Å². The molecule has 0 fully saturated rings. The minimum absolute atomic E-state index is 0.00885. The van der Waals surface area contributed by atoms with Gasteiger partial charge >= 0.3 is 11.9 Å². The molecule has 9 nitrogen and oxygen atoms in total. The second-order valence-electron chi connectivity index (χ2n) is 6.62. The van der Waals surface area contributed by atoms with E-state index in [9.17, 15) is 9.59 Å². The van der Waals surface area contributed by atoms with Gasteiger partial charge in [0, 0.05) is 11.6 Å². The second kappa shape index (κ2) is 9.49. The second-order valence-corrected chi connectivity index (χ2v) is 7.01. The lowest BCUT2D eigenvalue weighted by Crippen LogP contribution is -2.15. The van der Waals surface area contributed by atoms with Gasteiger partial charge in [-0.15, -0.1) is 10.2 Å².